The SMILES string of the molecule is CCC(CC)(CO)CNC(=O)c1ccc(OC)cc1C. The third-order valence-corrected chi connectivity index (χ3v) is 4.14. The van der Waals surface area contributed by atoms with Gasteiger partial charge in [0.2, 0.25) is 0 Å². The number of aryl methyl sites for hydroxylation is 1. The molecule has 0 fully saturated rings. The minimum Gasteiger partial charge on any atom is -0.497 e. The van der Waals surface area contributed by atoms with Crippen molar-refractivity contribution in [1.29, 1.82) is 0 Å². The highest BCUT2D eigenvalue weighted by molar-refractivity contribution is 5.95. The fraction of sp³-hybridized carbons (Fsp3) is 0.562. The second-order valence-corrected chi connectivity index (χ2v) is 5.23. The van der Waals surface area contributed by atoms with Crippen molar-refractivity contribution in [3.8, 4) is 5.75 Å². The van der Waals surface area contributed by atoms with Gasteiger partial charge in [0, 0.05) is 17.5 Å². The molecule has 2 N–H and O–H groups in total. The molecule has 1 aromatic rings. The largest absolute Gasteiger partial charge is 0.497 e. The lowest BCUT2D eigenvalue weighted by molar-refractivity contribution is 0.0850. The van der Waals surface area contributed by atoms with Crippen molar-refractivity contribution in [2.75, 3.05) is 20.3 Å². The van der Waals surface area contributed by atoms with Gasteiger partial charge in [-0.25, -0.2) is 0 Å². The molecule has 0 aliphatic carbocycles. The van der Waals surface area contributed by atoms with E-state index in [4.69, 9.17) is 4.74 Å². The van der Waals surface area contributed by atoms with Gasteiger partial charge in [-0.1, -0.05) is 13.8 Å². The van der Waals surface area contributed by atoms with E-state index in [0.29, 0.717) is 12.1 Å². The summed E-state index contributed by atoms with van der Waals surface area (Å²) < 4.78 is 5.13. The number of carbonyl (C=O) groups is 1. The zero-order valence-electron chi connectivity index (χ0n) is 12.8. The average molecular weight is 279 g/mol. The molecule has 0 atom stereocenters. The van der Waals surface area contributed by atoms with Crippen LogP contribution >= 0.6 is 0 Å². The molecule has 4 heteroatoms. The molecule has 4 nitrogen and oxygen atoms in total. The summed E-state index contributed by atoms with van der Waals surface area (Å²) in [6, 6.07) is 5.39. The van der Waals surface area contributed by atoms with Gasteiger partial charge < -0.3 is 15.2 Å². The molecule has 0 saturated heterocycles. The van der Waals surface area contributed by atoms with Crippen LogP contribution in [-0.4, -0.2) is 31.3 Å². The highest BCUT2D eigenvalue weighted by atomic mass is 16.5. The van der Waals surface area contributed by atoms with Crippen LogP contribution in [0.2, 0.25) is 0 Å². The van der Waals surface area contributed by atoms with Crippen molar-refractivity contribution in [1.82, 2.24) is 5.32 Å². The lowest BCUT2D eigenvalue weighted by atomic mass is 9.83. The van der Waals surface area contributed by atoms with E-state index in [1.54, 1.807) is 19.2 Å². The lowest BCUT2D eigenvalue weighted by Crippen LogP contribution is -2.39. The topological polar surface area (TPSA) is 58.6 Å². The van der Waals surface area contributed by atoms with Gasteiger partial charge >= 0.3 is 0 Å². The second-order valence-electron chi connectivity index (χ2n) is 5.23. The molecule has 0 aliphatic rings. The van der Waals surface area contributed by atoms with Crippen LogP contribution in [-0.2, 0) is 0 Å². The first-order chi connectivity index (χ1) is 9.51. The number of hydrogen-bond donors (Lipinski definition) is 2. The molecule has 1 aromatic carbocycles. The fourth-order valence-electron chi connectivity index (χ4n) is 2.16. The van der Waals surface area contributed by atoms with Crippen LogP contribution in [0, 0.1) is 12.3 Å². The number of rotatable bonds is 7. The van der Waals surface area contributed by atoms with E-state index in [1.807, 2.05) is 26.8 Å². The summed E-state index contributed by atoms with van der Waals surface area (Å²) in [5.41, 5.74) is 1.30. The standard InChI is InChI=1S/C16H25NO3/c1-5-16(6-2,11-18)10-17-15(19)14-8-7-13(20-4)9-12(14)3/h7-9,18H,5-6,10-11H2,1-4H3,(H,17,19). The Morgan fingerprint density at radius 2 is 2.00 bits per heavy atom. The van der Waals surface area contributed by atoms with Crippen LogP contribution in [0.3, 0.4) is 0 Å². The van der Waals surface area contributed by atoms with Crippen LogP contribution < -0.4 is 10.1 Å². The van der Waals surface area contributed by atoms with Crippen molar-refractivity contribution in [2.45, 2.75) is 33.6 Å². The molecular weight excluding hydrogens is 254 g/mol. The highest BCUT2D eigenvalue weighted by Crippen LogP contribution is 2.24. The Labute approximate surface area is 121 Å². The van der Waals surface area contributed by atoms with Crippen molar-refractivity contribution >= 4 is 5.91 Å². The molecule has 112 valence electrons. The van der Waals surface area contributed by atoms with E-state index in [2.05, 4.69) is 5.32 Å². The smallest absolute Gasteiger partial charge is 0.251 e. The first-order valence-electron chi connectivity index (χ1n) is 7.05. The third kappa shape index (κ3) is 3.73. The Hall–Kier alpha value is -1.55. The van der Waals surface area contributed by atoms with E-state index in [0.717, 1.165) is 24.2 Å². The van der Waals surface area contributed by atoms with Gasteiger partial charge in [0.1, 0.15) is 5.75 Å². The predicted molar refractivity (Wildman–Crippen MR) is 80.2 cm³/mol. The van der Waals surface area contributed by atoms with E-state index >= 15 is 0 Å². The van der Waals surface area contributed by atoms with Gasteiger partial charge in [-0.05, 0) is 43.5 Å². The maximum atomic E-state index is 12.2. The summed E-state index contributed by atoms with van der Waals surface area (Å²) in [7, 11) is 1.60. The van der Waals surface area contributed by atoms with Gasteiger partial charge in [0.05, 0.1) is 13.7 Å². The average Bonchev–Trinajstić information content (AvgIpc) is 2.48. The van der Waals surface area contributed by atoms with Gasteiger partial charge in [0.25, 0.3) is 5.91 Å². The molecule has 20 heavy (non-hydrogen) atoms. The number of hydrogen-bond acceptors (Lipinski definition) is 3. The molecule has 1 amide bonds. The Bertz CT molecular complexity index is 445. The minimum atomic E-state index is -0.226. The van der Waals surface area contributed by atoms with Crippen molar-refractivity contribution in [3.63, 3.8) is 0 Å². The molecule has 0 radical (unpaired) electrons. The summed E-state index contributed by atoms with van der Waals surface area (Å²) in [4.78, 5) is 12.2. The Morgan fingerprint density at radius 1 is 1.35 bits per heavy atom. The maximum absolute atomic E-state index is 12.2. The van der Waals surface area contributed by atoms with Crippen LogP contribution in [0.1, 0.15) is 42.6 Å². The molecule has 0 aromatic heterocycles. The quantitative estimate of drug-likeness (QED) is 0.806. The zero-order valence-corrected chi connectivity index (χ0v) is 12.8. The molecular formula is C16H25NO3. The minimum absolute atomic E-state index is 0.0852. The van der Waals surface area contributed by atoms with Gasteiger partial charge in [-0.3, -0.25) is 4.79 Å². The van der Waals surface area contributed by atoms with E-state index in [9.17, 15) is 9.90 Å². The summed E-state index contributed by atoms with van der Waals surface area (Å²) >= 11 is 0. The molecule has 0 unspecified atom stereocenters. The van der Waals surface area contributed by atoms with Crippen LogP contribution in [0.4, 0.5) is 0 Å². The lowest BCUT2D eigenvalue weighted by Gasteiger charge is -2.29. The van der Waals surface area contributed by atoms with E-state index < -0.39 is 0 Å². The second kappa shape index (κ2) is 7.29. The van der Waals surface area contributed by atoms with Crippen molar-refractivity contribution in [3.05, 3.63) is 29.3 Å². The summed E-state index contributed by atoms with van der Waals surface area (Å²) in [5, 5.41) is 12.4. The molecule has 0 heterocycles. The van der Waals surface area contributed by atoms with Gasteiger partial charge in [0.15, 0.2) is 0 Å². The molecule has 0 spiro atoms. The maximum Gasteiger partial charge on any atom is 0.251 e. The summed E-state index contributed by atoms with van der Waals surface area (Å²) in [6.45, 7) is 6.52. The third-order valence-electron chi connectivity index (χ3n) is 4.14. The predicted octanol–water partition coefficient (Wildman–Crippen LogP) is 2.53. The molecule has 1 rings (SSSR count). The van der Waals surface area contributed by atoms with Gasteiger partial charge in [-0.15, -0.1) is 0 Å². The van der Waals surface area contributed by atoms with Crippen molar-refractivity contribution in [2.24, 2.45) is 5.41 Å². The monoisotopic (exact) mass is 279 g/mol. The number of nitrogens with one attached hydrogen (secondary N) is 1. The Kier molecular flexibility index (Phi) is 6.02. The van der Waals surface area contributed by atoms with Crippen LogP contribution in [0.5, 0.6) is 5.75 Å². The van der Waals surface area contributed by atoms with E-state index in [-0.39, 0.29) is 17.9 Å². The summed E-state index contributed by atoms with van der Waals surface area (Å²) in [5.74, 6) is 0.635. The zero-order chi connectivity index (χ0) is 15.2. The van der Waals surface area contributed by atoms with Crippen LogP contribution in [0.15, 0.2) is 18.2 Å². The van der Waals surface area contributed by atoms with Crippen molar-refractivity contribution < 1.29 is 14.6 Å². The molecule has 0 bridgehead atoms. The first kappa shape index (κ1) is 16.5. The highest BCUT2D eigenvalue weighted by Gasteiger charge is 2.26. The summed E-state index contributed by atoms with van der Waals surface area (Å²) in [6.07, 6.45) is 1.67. The number of aliphatic hydroxyl groups is 1. The number of benzene rings is 1. The normalized spacial score (nSPS) is 11.2. The number of amides is 1. The number of methoxy groups -OCH3 is 1. The first-order valence-corrected chi connectivity index (χ1v) is 7.05. The number of ether oxygens (including phenoxy) is 1. The number of aliphatic hydroxyl groups excluding tert-OH is 1. The molecule has 0 saturated carbocycles. The Morgan fingerprint density at radius 3 is 2.45 bits per heavy atom. The number of carbonyl (C=O) groups excluding carboxylic acids is 1. The van der Waals surface area contributed by atoms with Gasteiger partial charge in [-0.2, -0.15) is 0 Å². The molecule has 0 aliphatic heterocycles. The van der Waals surface area contributed by atoms with Crippen LogP contribution in [0.25, 0.3) is 0 Å². The Balaban J connectivity index is 2.77. The fourth-order valence-corrected chi connectivity index (χ4v) is 2.16. The van der Waals surface area contributed by atoms with E-state index in [1.165, 1.54) is 0 Å².